The lowest BCUT2D eigenvalue weighted by atomic mass is 10.1. The summed E-state index contributed by atoms with van der Waals surface area (Å²) >= 11 is 6.37. The normalized spacial score (nSPS) is 17.4. The maximum absolute atomic E-state index is 12.8. The number of nitro groups is 1. The lowest BCUT2D eigenvalue weighted by Crippen LogP contribution is -2.21. The minimum Gasteiger partial charge on any atom is -0.293 e. The van der Waals surface area contributed by atoms with E-state index in [0.29, 0.717) is 28.4 Å². The van der Waals surface area contributed by atoms with Crippen LogP contribution in [0, 0.1) is 17.0 Å². The van der Waals surface area contributed by atoms with Crippen LogP contribution in [-0.2, 0) is 13.7 Å². The Morgan fingerprint density at radius 1 is 1.29 bits per heavy atom. The lowest BCUT2D eigenvalue weighted by molar-refractivity contribution is -0.384. The van der Waals surface area contributed by atoms with Gasteiger partial charge in [0.15, 0.2) is 14.3 Å². The quantitative estimate of drug-likeness (QED) is 0.334. The van der Waals surface area contributed by atoms with Crippen LogP contribution in [0.3, 0.4) is 0 Å². The number of benzene rings is 1. The van der Waals surface area contributed by atoms with Crippen LogP contribution in [0.2, 0.25) is 4.34 Å². The molecule has 28 heavy (non-hydrogen) atoms. The third kappa shape index (κ3) is 4.57. The summed E-state index contributed by atoms with van der Waals surface area (Å²) in [4.78, 5) is 22.9. The molecule has 0 spiro atoms. The van der Waals surface area contributed by atoms with Gasteiger partial charge < -0.3 is 0 Å². The first-order valence-electron chi connectivity index (χ1n) is 8.38. The van der Waals surface area contributed by atoms with E-state index < -0.39 is 31.0 Å². The molecular weight excluding hydrogens is 446 g/mol. The molecule has 0 saturated carbocycles. The van der Waals surface area contributed by atoms with Crippen molar-refractivity contribution in [1.82, 2.24) is 0 Å². The van der Waals surface area contributed by atoms with Crippen molar-refractivity contribution in [3.05, 3.63) is 55.9 Å². The molecule has 1 fully saturated rings. The van der Waals surface area contributed by atoms with E-state index in [-0.39, 0.29) is 20.1 Å². The summed E-state index contributed by atoms with van der Waals surface area (Å²) in [5, 5.41) is 10.9. The van der Waals surface area contributed by atoms with E-state index in [2.05, 4.69) is 0 Å². The van der Waals surface area contributed by atoms with Crippen molar-refractivity contribution in [2.24, 2.45) is 0 Å². The second kappa shape index (κ2) is 8.11. The van der Waals surface area contributed by atoms with E-state index in [0.717, 1.165) is 24.5 Å². The summed E-state index contributed by atoms with van der Waals surface area (Å²) < 4.78 is 30.6. The number of ketones is 1. The van der Waals surface area contributed by atoms with Gasteiger partial charge in [0.25, 0.3) is 5.69 Å². The Morgan fingerprint density at radius 2 is 1.89 bits per heavy atom. The monoisotopic (exact) mass is 463 g/mol. The van der Waals surface area contributed by atoms with E-state index in [4.69, 9.17) is 15.2 Å². The molecule has 3 rings (SSSR count). The van der Waals surface area contributed by atoms with Gasteiger partial charge in [-0.3, -0.25) is 14.9 Å². The molecule has 0 amide bonds. The lowest BCUT2D eigenvalue weighted by Gasteiger charge is -2.33. The van der Waals surface area contributed by atoms with Gasteiger partial charge in [-0.1, -0.05) is 41.4 Å². The van der Waals surface area contributed by atoms with Crippen LogP contribution < -0.4 is 0 Å². The van der Waals surface area contributed by atoms with Crippen molar-refractivity contribution in [2.45, 2.75) is 24.0 Å². The van der Waals surface area contributed by atoms with Crippen LogP contribution in [0.4, 0.5) is 5.69 Å². The van der Waals surface area contributed by atoms with Crippen LogP contribution in [0.5, 0.6) is 0 Å². The molecule has 1 aliphatic rings. The van der Waals surface area contributed by atoms with Gasteiger partial charge in [-0.2, -0.15) is 8.42 Å². The number of halogens is 1. The molecule has 0 atom stereocenters. The van der Waals surface area contributed by atoms with Crippen molar-refractivity contribution in [2.75, 3.05) is 17.3 Å². The van der Waals surface area contributed by atoms with E-state index in [9.17, 15) is 23.3 Å². The Labute approximate surface area is 173 Å². The molecule has 1 aromatic carbocycles. The molecule has 152 valence electrons. The smallest absolute Gasteiger partial charge is 0.293 e. The topological polar surface area (TPSA) is 104 Å². The Bertz CT molecular complexity index is 1010. The number of aryl methyl sites for hydroxylation is 1. The maximum Gasteiger partial charge on any atom is 0.316 e. The summed E-state index contributed by atoms with van der Waals surface area (Å²) in [5.41, 5.74) is 1.06. The second-order valence-corrected chi connectivity index (χ2v) is 13.4. The molecule has 0 bridgehead atoms. The fourth-order valence-corrected chi connectivity index (χ4v) is 10.3. The fourth-order valence-electron chi connectivity index (χ4n) is 2.94. The van der Waals surface area contributed by atoms with Crippen molar-refractivity contribution < 1.29 is 21.8 Å². The average molecular weight is 464 g/mol. The van der Waals surface area contributed by atoms with Crippen LogP contribution in [0.25, 0.3) is 0 Å². The summed E-state index contributed by atoms with van der Waals surface area (Å²) in [6, 6.07) is 8.00. The molecular formula is C17H18ClNO6S3. The van der Waals surface area contributed by atoms with Crippen LogP contribution >= 0.6 is 33.2 Å². The Morgan fingerprint density at radius 3 is 2.43 bits per heavy atom. The number of Topliss-reactive ketones (excluding diaryl/α,β-unsaturated/α-hetero) is 1. The summed E-state index contributed by atoms with van der Waals surface area (Å²) in [6.45, 7) is 1.92. The highest BCUT2D eigenvalue weighted by Gasteiger charge is 2.39. The van der Waals surface area contributed by atoms with Crippen molar-refractivity contribution >= 4 is 54.8 Å². The molecule has 11 heteroatoms. The van der Waals surface area contributed by atoms with E-state index in [1.54, 1.807) is 12.1 Å². The molecule has 0 aliphatic carbocycles. The largest absolute Gasteiger partial charge is 0.316 e. The molecule has 1 saturated heterocycles. The Kier molecular flexibility index (Phi) is 6.16. The van der Waals surface area contributed by atoms with E-state index >= 15 is 0 Å². The third-order valence-electron chi connectivity index (χ3n) is 4.37. The zero-order valence-corrected chi connectivity index (χ0v) is 18.1. The van der Waals surface area contributed by atoms with Crippen LogP contribution in [0.15, 0.2) is 34.5 Å². The van der Waals surface area contributed by atoms with E-state index in [1.807, 2.05) is 19.1 Å². The van der Waals surface area contributed by atoms with E-state index in [1.165, 1.54) is 0 Å². The predicted octanol–water partition coefficient (Wildman–Crippen LogP) is 4.72. The first kappa shape index (κ1) is 21.3. The second-order valence-electron chi connectivity index (χ2n) is 6.52. The van der Waals surface area contributed by atoms with Gasteiger partial charge in [0.1, 0.15) is 0 Å². The van der Waals surface area contributed by atoms with Crippen LogP contribution in [0.1, 0.15) is 28.8 Å². The van der Waals surface area contributed by atoms with Crippen molar-refractivity contribution in [3.63, 3.8) is 0 Å². The predicted molar refractivity (Wildman–Crippen MR) is 111 cm³/mol. The number of hydrogen-bond acceptors (Lipinski definition) is 7. The highest BCUT2D eigenvalue weighted by atomic mass is 35.5. The standard InChI is InChI=1S/C17H18ClNO6S3/c1-12-4-6-13(7-5-12)15(20)11-27(8-2-3-9-27)25-28(23,24)16-10-14(19(21)22)17(18)26-16/h4-7,10H,2-3,8-9,11H2,1H3. The molecule has 0 N–H and O–H groups in total. The molecule has 2 aromatic rings. The van der Waals surface area contributed by atoms with Gasteiger partial charge in [-0.25, -0.2) is 3.63 Å². The maximum atomic E-state index is 12.8. The molecule has 2 heterocycles. The first-order valence-corrected chi connectivity index (χ1v) is 13.0. The molecule has 1 aromatic heterocycles. The molecule has 7 nitrogen and oxygen atoms in total. The SMILES string of the molecule is Cc1ccc(C(=O)CS2(OS(=O)(=O)c3cc([N+](=O)[O-])c(Cl)s3)CCCC2)cc1. The molecule has 0 unspecified atom stereocenters. The fraction of sp³-hybridized carbons (Fsp3) is 0.353. The Hall–Kier alpha value is -1.46. The minimum atomic E-state index is -4.26. The zero-order chi connectivity index (χ0) is 20.5. The van der Waals surface area contributed by atoms with Crippen LogP contribution in [-0.4, -0.2) is 36.4 Å². The number of carbonyl (C=O) groups is 1. The Balaban J connectivity index is 1.85. The van der Waals surface area contributed by atoms with Gasteiger partial charge in [0.2, 0.25) is 0 Å². The van der Waals surface area contributed by atoms with Gasteiger partial charge in [0.05, 0.1) is 10.7 Å². The van der Waals surface area contributed by atoms with Gasteiger partial charge >= 0.3 is 10.1 Å². The summed E-state index contributed by atoms with van der Waals surface area (Å²) in [6.07, 6.45) is 1.55. The highest BCUT2D eigenvalue weighted by Crippen LogP contribution is 2.57. The number of thiophene rings is 1. The zero-order valence-electron chi connectivity index (χ0n) is 14.9. The average Bonchev–Trinajstić information content (AvgIpc) is 3.22. The highest BCUT2D eigenvalue weighted by molar-refractivity contribution is 8.33. The third-order valence-corrected chi connectivity index (χ3v) is 11.7. The summed E-state index contributed by atoms with van der Waals surface area (Å²) in [7, 11) is -6.45. The molecule has 1 aliphatic heterocycles. The van der Waals surface area contributed by atoms with Crippen molar-refractivity contribution in [3.8, 4) is 0 Å². The number of rotatable bonds is 7. The number of carbonyl (C=O) groups excluding carboxylic acids is 1. The van der Waals surface area contributed by atoms with Gasteiger partial charge in [-0.05, 0) is 19.8 Å². The van der Waals surface area contributed by atoms with Crippen molar-refractivity contribution in [1.29, 1.82) is 0 Å². The first-order chi connectivity index (χ1) is 13.1. The number of hydrogen-bond donors (Lipinski definition) is 0. The molecule has 0 radical (unpaired) electrons. The summed E-state index contributed by atoms with van der Waals surface area (Å²) in [5.74, 6) is 0.856. The number of nitrogens with zero attached hydrogens (tertiary/aromatic N) is 1. The van der Waals surface area contributed by atoms with Gasteiger partial charge in [0, 0.05) is 23.1 Å². The van der Waals surface area contributed by atoms with Gasteiger partial charge in [-0.15, -0.1) is 21.6 Å². The minimum absolute atomic E-state index is 0.0104.